The second kappa shape index (κ2) is 6.75. The van der Waals surface area contributed by atoms with Gasteiger partial charge >= 0.3 is 133 Å². The first-order valence-electron chi connectivity index (χ1n) is 6.84. The van der Waals surface area contributed by atoms with Crippen LogP contribution >= 0.6 is 11.6 Å². The van der Waals surface area contributed by atoms with Crippen molar-refractivity contribution in [3.8, 4) is 5.75 Å². The molecule has 0 aliphatic carbocycles. The molecule has 2 aromatic carbocycles. The average molecular weight is 375 g/mol. The molecule has 0 aromatic heterocycles. The zero-order chi connectivity index (χ0) is 16.3. The van der Waals surface area contributed by atoms with Crippen LogP contribution in [0.2, 0.25) is 5.02 Å². The van der Waals surface area contributed by atoms with E-state index >= 15 is 0 Å². The monoisotopic (exact) mass is 376 g/mol. The van der Waals surface area contributed by atoms with Crippen molar-refractivity contribution >= 4 is 44.1 Å². The molecule has 2 rings (SSSR count). The van der Waals surface area contributed by atoms with E-state index in [1.165, 1.54) is 0 Å². The summed E-state index contributed by atoms with van der Waals surface area (Å²) in [6, 6.07) is 14.8. The van der Waals surface area contributed by atoms with Crippen LogP contribution < -0.4 is 14.0 Å². The predicted molar refractivity (Wildman–Crippen MR) is 91.4 cm³/mol. The Morgan fingerprint density at radius 2 is 1.64 bits per heavy atom. The normalized spacial score (nSPS) is 11.1. The van der Waals surface area contributed by atoms with E-state index in [1.807, 2.05) is 40.8 Å². The van der Waals surface area contributed by atoms with E-state index in [2.05, 4.69) is 0 Å². The summed E-state index contributed by atoms with van der Waals surface area (Å²) in [6.07, 6.45) is 0. The number of rotatable bonds is 4. The SMILES string of the molecule is CN(C(=O)C(C)(C)Oc1ccc(Cl)cc1)c1cc[c]([Ge])cc1. The van der Waals surface area contributed by atoms with Gasteiger partial charge in [-0.1, -0.05) is 11.6 Å². The van der Waals surface area contributed by atoms with E-state index in [9.17, 15) is 4.79 Å². The van der Waals surface area contributed by atoms with E-state index in [4.69, 9.17) is 16.3 Å². The summed E-state index contributed by atoms with van der Waals surface area (Å²) < 4.78 is 6.99. The van der Waals surface area contributed by atoms with E-state index in [0.717, 1.165) is 10.1 Å². The Labute approximate surface area is 144 Å². The molecule has 0 aliphatic heterocycles. The number of hydrogen-bond donors (Lipinski definition) is 0. The second-order valence-electron chi connectivity index (χ2n) is 5.48. The minimum atomic E-state index is -0.979. The van der Waals surface area contributed by atoms with Crippen LogP contribution in [0, 0.1) is 0 Å². The summed E-state index contributed by atoms with van der Waals surface area (Å²) in [5.74, 6) is 0.492. The van der Waals surface area contributed by atoms with E-state index in [1.54, 1.807) is 50.1 Å². The van der Waals surface area contributed by atoms with Crippen LogP contribution in [-0.4, -0.2) is 35.1 Å². The molecule has 3 nitrogen and oxygen atoms in total. The summed E-state index contributed by atoms with van der Waals surface area (Å²) in [6.45, 7) is 3.52. The fraction of sp³-hybridized carbons (Fsp3) is 0.235. The van der Waals surface area contributed by atoms with Crippen LogP contribution in [0.15, 0.2) is 48.5 Å². The van der Waals surface area contributed by atoms with Crippen molar-refractivity contribution in [1.82, 2.24) is 0 Å². The molecule has 0 bridgehead atoms. The zero-order valence-corrected chi connectivity index (χ0v) is 15.6. The number of benzene rings is 2. The molecule has 0 saturated heterocycles. The van der Waals surface area contributed by atoms with Gasteiger partial charge in [-0.25, -0.2) is 0 Å². The average Bonchev–Trinajstić information content (AvgIpc) is 2.48. The number of ether oxygens (including phenoxy) is 1. The first-order valence-corrected chi connectivity index (χ1v) is 8.27. The quantitative estimate of drug-likeness (QED) is 0.769. The van der Waals surface area contributed by atoms with Gasteiger partial charge in [-0.3, -0.25) is 0 Å². The first kappa shape index (κ1) is 16.9. The van der Waals surface area contributed by atoms with Crippen molar-refractivity contribution in [1.29, 1.82) is 0 Å². The van der Waals surface area contributed by atoms with Gasteiger partial charge in [0.25, 0.3) is 0 Å². The summed E-state index contributed by atoms with van der Waals surface area (Å²) in [5.41, 5.74) is -0.142. The number of likely N-dealkylation sites (N-methyl/N-ethyl adjacent to an activating group) is 1. The Bertz CT molecular complexity index is 653. The molecule has 0 heterocycles. The Kier molecular flexibility index (Phi) is 5.19. The molecule has 5 heteroatoms. The van der Waals surface area contributed by atoms with Crippen LogP contribution in [0.1, 0.15) is 13.8 Å². The van der Waals surface area contributed by atoms with Crippen LogP contribution in [-0.2, 0) is 4.79 Å². The third kappa shape index (κ3) is 4.05. The number of hydrogen-bond acceptors (Lipinski definition) is 2. The molecule has 1 amide bonds. The van der Waals surface area contributed by atoms with Gasteiger partial charge in [-0.05, 0) is 0 Å². The Balaban J connectivity index is 2.15. The molecule has 0 atom stereocenters. The summed E-state index contributed by atoms with van der Waals surface area (Å²) in [4.78, 5) is 14.3. The van der Waals surface area contributed by atoms with Gasteiger partial charge < -0.3 is 0 Å². The van der Waals surface area contributed by atoms with Crippen LogP contribution in [0.25, 0.3) is 0 Å². The van der Waals surface area contributed by atoms with Crippen LogP contribution in [0.4, 0.5) is 5.69 Å². The number of anilines is 1. The van der Waals surface area contributed by atoms with Crippen molar-refractivity contribution < 1.29 is 9.53 Å². The van der Waals surface area contributed by atoms with E-state index in [0.29, 0.717) is 10.8 Å². The van der Waals surface area contributed by atoms with Crippen LogP contribution in [0.5, 0.6) is 5.75 Å². The molecule has 0 spiro atoms. The van der Waals surface area contributed by atoms with E-state index < -0.39 is 5.60 Å². The molecule has 113 valence electrons. The zero-order valence-electron chi connectivity index (χ0n) is 12.8. The standard InChI is InChI=1S/C17H17ClGeNO2/c1-17(2,22-15-10-4-12(18)5-11-15)16(21)20(3)14-8-6-13(19)7-9-14/h4-11H,1-3H3. The molecular weight excluding hydrogens is 358 g/mol. The van der Waals surface area contributed by atoms with Crippen molar-refractivity contribution in [3.63, 3.8) is 0 Å². The summed E-state index contributed by atoms with van der Waals surface area (Å²) >= 11 is 7.87. The number of carbonyl (C=O) groups is 1. The van der Waals surface area contributed by atoms with Crippen molar-refractivity contribution in [2.45, 2.75) is 19.4 Å². The molecule has 2 aromatic rings. The third-order valence-electron chi connectivity index (χ3n) is 3.26. The van der Waals surface area contributed by atoms with Gasteiger partial charge in [-0.15, -0.1) is 0 Å². The summed E-state index contributed by atoms with van der Waals surface area (Å²) in [7, 11) is 1.75. The topological polar surface area (TPSA) is 29.5 Å². The number of carbonyl (C=O) groups excluding carboxylic acids is 1. The van der Waals surface area contributed by atoms with Gasteiger partial charge in [0.2, 0.25) is 0 Å². The number of nitrogens with zero attached hydrogens (tertiary/aromatic N) is 1. The maximum atomic E-state index is 12.7. The maximum absolute atomic E-state index is 12.7. The molecule has 3 radical (unpaired) electrons. The predicted octanol–water partition coefficient (Wildman–Crippen LogP) is 2.95. The first-order chi connectivity index (χ1) is 10.3. The van der Waals surface area contributed by atoms with Crippen molar-refractivity contribution in [2.24, 2.45) is 0 Å². The Morgan fingerprint density at radius 3 is 2.18 bits per heavy atom. The van der Waals surface area contributed by atoms with Crippen LogP contribution in [0.3, 0.4) is 0 Å². The molecule has 0 unspecified atom stereocenters. The van der Waals surface area contributed by atoms with E-state index in [-0.39, 0.29) is 5.91 Å². The molecule has 0 fully saturated rings. The molecule has 0 aliphatic rings. The van der Waals surface area contributed by atoms with Crippen molar-refractivity contribution in [2.75, 3.05) is 11.9 Å². The Morgan fingerprint density at radius 1 is 1.09 bits per heavy atom. The van der Waals surface area contributed by atoms with Gasteiger partial charge in [-0.2, -0.15) is 0 Å². The fourth-order valence-corrected chi connectivity index (χ4v) is 2.52. The molecular formula is C17H17ClGeNO2. The van der Waals surface area contributed by atoms with Crippen molar-refractivity contribution in [3.05, 3.63) is 53.6 Å². The second-order valence-corrected chi connectivity index (χ2v) is 7.13. The molecule has 0 saturated carbocycles. The number of amides is 1. The molecule has 22 heavy (non-hydrogen) atoms. The fourth-order valence-electron chi connectivity index (χ4n) is 2.05. The third-order valence-corrected chi connectivity index (χ3v) is 4.21. The van der Waals surface area contributed by atoms with Gasteiger partial charge in [0, 0.05) is 0 Å². The van der Waals surface area contributed by atoms with Gasteiger partial charge in [0.1, 0.15) is 0 Å². The summed E-state index contributed by atoms with van der Waals surface area (Å²) in [5, 5.41) is 0.633. The van der Waals surface area contributed by atoms with Gasteiger partial charge in [0.15, 0.2) is 0 Å². The Hall–Kier alpha value is -1.46. The molecule has 0 N–H and O–H groups in total. The van der Waals surface area contributed by atoms with Gasteiger partial charge in [0.05, 0.1) is 0 Å². The number of halogens is 1. The minimum absolute atomic E-state index is 0.119.